The molecule has 1 aliphatic carbocycles. The molecule has 7 rings (SSSR count). The number of anilines is 1. The fourth-order valence-corrected chi connectivity index (χ4v) is 10.4. The van der Waals surface area contributed by atoms with E-state index in [1.807, 2.05) is 58.0 Å². The number of hydrogen-bond acceptors (Lipinski definition) is 16. The summed E-state index contributed by atoms with van der Waals surface area (Å²) in [5.41, 5.74) is 6.26. The Hall–Kier alpha value is -5.53. The number of nitrogens with zero attached hydrogens (tertiary/aromatic N) is 7. The lowest BCUT2D eigenvalue weighted by Gasteiger charge is -2.37. The molecule has 0 saturated carbocycles. The van der Waals surface area contributed by atoms with Crippen molar-refractivity contribution in [3.8, 4) is 23.3 Å². The number of nitriles is 2. The van der Waals surface area contributed by atoms with E-state index < -0.39 is 47.1 Å². The van der Waals surface area contributed by atoms with Gasteiger partial charge in [0.05, 0.1) is 44.0 Å². The van der Waals surface area contributed by atoms with Gasteiger partial charge in [-0.2, -0.15) is 29.4 Å². The number of carbonyl (C=O) groups is 2. The van der Waals surface area contributed by atoms with Gasteiger partial charge in [0, 0.05) is 36.5 Å². The number of benzene rings is 3. The topological polar surface area (TPSA) is 248 Å². The van der Waals surface area contributed by atoms with Gasteiger partial charge in [-0.1, -0.05) is 60.7 Å². The van der Waals surface area contributed by atoms with E-state index >= 15 is 0 Å². The van der Waals surface area contributed by atoms with Crippen LogP contribution in [0.1, 0.15) is 86.2 Å². The van der Waals surface area contributed by atoms with Crippen LogP contribution in [-0.4, -0.2) is 96.7 Å². The second-order valence-corrected chi connectivity index (χ2v) is 18.9. The Balaban J connectivity index is 0.993. The molecule has 0 spiro atoms. The predicted molar refractivity (Wildman–Crippen MR) is 244 cm³/mol. The van der Waals surface area contributed by atoms with Crippen LogP contribution < -0.4 is 10.6 Å². The highest BCUT2D eigenvalue weighted by Crippen LogP contribution is 2.54. The Morgan fingerprint density at radius 3 is 2.24 bits per heavy atom. The lowest BCUT2D eigenvalue weighted by atomic mass is 9.98. The van der Waals surface area contributed by atoms with E-state index in [1.54, 1.807) is 28.8 Å². The van der Waals surface area contributed by atoms with Gasteiger partial charge < -0.3 is 29.2 Å². The summed E-state index contributed by atoms with van der Waals surface area (Å²) in [5, 5.41) is 23.7. The van der Waals surface area contributed by atoms with Gasteiger partial charge in [0.15, 0.2) is 17.0 Å². The molecule has 2 aliphatic rings. The molecule has 3 aromatic carbocycles. The SMILES string of the molecule is CC(C)N(C(C)C)P(OCCC#N)OC1CC(n2cnc3c(NC(=O)c4ccc(CNC(=O)OCC5c6ccccc6-c6ccccc65)cc4)ncnc32)O[C@@H]1CO[P+](O)(O)OCCC#N. The molecule has 2 amide bonds. The van der Waals surface area contributed by atoms with Crippen LogP contribution in [0.15, 0.2) is 85.5 Å². The first-order chi connectivity index (χ1) is 31.9. The highest BCUT2D eigenvalue weighted by Gasteiger charge is 2.47. The molecule has 66 heavy (non-hydrogen) atoms. The Labute approximate surface area is 384 Å². The van der Waals surface area contributed by atoms with E-state index in [4.69, 9.17) is 32.8 Å². The van der Waals surface area contributed by atoms with Gasteiger partial charge in [-0.25, -0.2) is 24.4 Å². The minimum Gasteiger partial charge on any atom is -0.449 e. The first-order valence-electron chi connectivity index (χ1n) is 21.4. The van der Waals surface area contributed by atoms with Crippen LogP contribution in [0, 0.1) is 22.7 Å². The van der Waals surface area contributed by atoms with Gasteiger partial charge >= 0.3 is 14.3 Å². The Kier molecular flexibility index (Phi) is 16.4. The van der Waals surface area contributed by atoms with Gasteiger partial charge in [0.2, 0.25) is 0 Å². The number of alkyl carbamates (subject to hydrolysis) is 1. The van der Waals surface area contributed by atoms with Crippen molar-refractivity contribution in [1.82, 2.24) is 29.5 Å². The van der Waals surface area contributed by atoms with Gasteiger partial charge in [-0.3, -0.25) is 9.36 Å². The normalized spacial score (nSPS) is 17.4. The van der Waals surface area contributed by atoms with Crippen LogP contribution in [0.2, 0.25) is 0 Å². The first-order valence-corrected chi connectivity index (χ1v) is 24.1. The zero-order valence-electron chi connectivity index (χ0n) is 36.9. The lowest BCUT2D eigenvalue weighted by Crippen LogP contribution is -2.36. The van der Waals surface area contributed by atoms with Crippen molar-refractivity contribution in [2.24, 2.45) is 0 Å². The molecule has 0 bridgehead atoms. The number of imidazole rings is 1. The number of amides is 2. The third-order valence-corrected chi connectivity index (χ3v) is 14.0. The Morgan fingerprint density at radius 2 is 1.58 bits per heavy atom. The molecule has 2 aromatic heterocycles. The number of hydrogen-bond donors (Lipinski definition) is 4. The van der Waals surface area contributed by atoms with Crippen molar-refractivity contribution < 1.29 is 46.9 Å². The van der Waals surface area contributed by atoms with Crippen molar-refractivity contribution >= 4 is 45.7 Å². The molecule has 1 fully saturated rings. The monoisotopic (exact) mass is 940 g/mol. The summed E-state index contributed by atoms with van der Waals surface area (Å²) in [4.78, 5) is 60.5. The number of rotatable bonds is 21. The number of aromatic nitrogens is 4. The molecule has 346 valence electrons. The van der Waals surface area contributed by atoms with Crippen molar-refractivity contribution in [2.45, 2.75) is 89.9 Å². The predicted octanol–water partition coefficient (Wildman–Crippen LogP) is 7.68. The van der Waals surface area contributed by atoms with Crippen LogP contribution in [0.3, 0.4) is 0 Å². The van der Waals surface area contributed by atoms with Crippen molar-refractivity contribution in [3.63, 3.8) is 0 Å². The second-order valence-electron chi connectivity index (χ2n) is 16.0. The van der Waals surface area contributed by atoms with Crippen molar-refractivity contribution in [2.75, 3.05) is 31.7 Å². The van der Waals surface area contributed by atoms with Crippen LogP contribution in [0.25, 0.3) is 22.3 Å². The zero-order valence-corrected chi connectivity index (χ0v) is 38.7. The molecular weight excluding hydrogens is 888 g/mol. The third-order valence-electron chi connectivity index (χ3n) is 10.8. The number of ether oxygens (including phenoxy) is 2. The Bertz CT molecular complexity index is 2500. The third kappa shape index (κ3) is 11.7. The van der Waals surface area contributed by atoms with Crippen molar-refractivity contribution in [3.05, 3.63) is 108 Å². The summed E-state index contributed by atoms with van der Waals surface area (Å²) < 4.78 is 39.1. The molecule has 5 aromatic rings. The summed E-state index contributed by atoms with van der Waals surface area (Å²) in [6.45, 7) is 7.95. The fraction of sp³-hybridized carbons (Fsp3) is 0.400. The molecule has 4 N–H and O–H groups in total. The smallest absolute Gasteiger partial charge is 0.449 e. The molecular formula is C45H52N9O10P2+. The molecule has 0 radical (unpaired) electrons. The van der Waals surface area contributed by atoms with E-state index in [0.717, 1.165) is 27.8 Å². The van der Waals surface area contributed by atoms with Crippen molar-refractivity contribution in [1.29, 1.82) is 10.5 Å². The summed E-state index contributed by atoms with van der Waals surface area (Å²) in [7, 11) is -6.05. The van der Waals surface area contributed by atoms with E-state index in [1.165, 1.54) is 12.7 Å². The Morgan fingerprint density at radius 1 is 0.909 bits per heavy atom. The summed E-state index contributed by atoms with van der Waals surface area (Å²) in [5.74, 6) is -0.359. The maximum absolute atomic E-state index is 13.5. The molecule has 19 nitrogen and oxygen atoms in total. The molecule has 1 saturated heterocycles. The molecule has 21 heteroatoms. The zero-order chi connectivity index (χ0) is 46.8. The summed E-state index contributed by atoms with van der Waals surface area (Å²) in [6.07, 6.45) is 0.181. The van der Waals surface area contributed by atoms with Gasteiger partial charge in [0.1, 0.15) is 38.5 Å². The average molecular weight is 941 g/mol. The van der Waals surface area contributed by atoms with Crippen LogP contribution in [-0.2, 0) is 34.1 Å². The largest absolute Gasteiger partial charge is 0.570 e. The average Bonchev–Trinajstić information content (AvgIpc) is 4.01. The highest BCUT2D eigenvalue weighted by atomic mass is 31.2. The second kappa shape index (κ2) is 22.3. The number of nitrogens with one attached hydrogen (secondary N) is 2. The van der Waals surface area contributed by atoms with E-state index in [2.05, 4.69) is 60.6 Å². The van der Waals surface area contributed by atoms with Gasteiger partial charge in [-0.05, 0) is 67.6 Å². The minimum absolute atomic E-state index is 0.00706. The quantitative estimate of drug-likeness (QED) is 0.0407. The van der Waals surface area contributed by atoms with E-state index in [-0.39, 0.29) is 81.6 Å². The molecule has 1 aliphatic heterocycles. The molecule has 3 heterocycles. The number of carbonyl (C=O) groups excluding carboxylic acids is 2. The van der Waals surface area contributed by atoms with Crippen LogP contribution in [0.5, 0.6) is 0 Å². The first kappa shape index (κ1) is 48.4. The number of fused-ring (bicyclic) bond motifs is 4. The lowest BCUT2D eigenvalue weighted by molar-refractivity contribution is -0.0450. The fourth-order valence-electron chi connectivity index (χ4n) is 7.89. The molecule has 4 atom stereocenters. The summed E-state index contributed by atoms with van der Waals surface area (Å²) >= 11 is 0. The van der Waals surface area contributed by atoms with Gasteiger partial charge in [0.25, 0.3) is 14.4 Å². The molecule has 3 unspecified atom stereocenters. The van der Waals surface area contributed by atoms with Crippen LogP contribution >= 0.6 is 16.7 Å². The highest BCUT2D eigenvalue weighted by molar-refractivity contribution is 7.54. The van der Waals surface area contributed by atoms with Gasteiger partial charge in [-0.15, -0.1) is 0 Å². The standard InChI is InChI=1S/C45H51N9O10P2/c1-29(2)54(30(3)4)65(60-21-9-19-46)64-38-23-40(63-39(38)26-62-66(57,58)61-22-10-20-47)53-28-51-41-42(49-27-50-43(41)53)52-44(55)32-17-15-31(16-18-32)24-48-45(56)59-25-37-35-13-7-5-11-33(35)34-12-6-8-14-36(34)37/h5-8,11-18,27-30,37-40,57-58H,9-10,21-26H2,1-4H3,(H-,48,49,50,52,55,56)/p+1/t38?,39-,40?,65?/m1/s1. The summed E-state index contributed by atoms with van der Waals surface area (Å²) in [6, 6.07) is 27.0. The minimum atomic E-state index is -4.32. The maximum Gasteiger partial charge on any atom is 0.570 e. The van der Waals surface area contributed by atoms with E-state index in [9.17, 15) is 24.6 Å². The maximum atomic E-state index is 13.5. The van der Waals surface area contributed by atoms with E-state index in [0.29, 0.717) is 11.2 Å². The van der Waals surface area contributed by atoms with Crippen LogP contribution in [0.4, 0.5) is 10.6 Å².